The molecule has 0 atom stereocenters. The van der Waals surface area contributed by atoms with E-state index >= 15 is 0 Å². The molecule has 2 rings (SSSR count). The Bertz CT molecular complexity index is 438. The molecule has 0 radical (unpaired) electrons. The van der Waals surface area contributed by atoms with Crippen LogP contribution in [0.4, 0.5) is 10.5 Å². The highest BCUT2D eigenvalue weighted by molar-refractivity contribution is 5.64. The van der Waals surface area contributed by atoms with E-state index in [1.807, 2.05) is 0 Å². The number of ether oxygens (including phenoxy) is 2. The Labute approximate surface area is 104 Å². The lowest BCUT2D eigenvalue weighted by atomic mass is 9.86. The molecule has 1 saturated carbocycles. The summed E-state index contributed by atoms with van der Waals surface area (Å²) in [6.45, 7) is 0.381. The van der Waals surface area contributed by atoms with E-state index in [0.717, 1.165) is 12.8 Å². The number of nitro groups is 1. The van der Waals surface area contributed by atoms with Crippen molar-refractivity contribution in [1.82, 2.24) is 0 Å². The van der Waals surface area contributed by atoms with Crippen LogP contribution in [0.15, 0.2) is 24.3 Å². The molecule has 1 aliphatic rings. The first kappa shape index (κ1) is 12.3. The van der Waals surface area contributed by atoms with E-state index in [-0.39, 0.29) is 11.4 Å². The molecule has 6 heteroatoms. The Morgan fingerprint density at radius 2 is 2.00 bits per heavy atom. The predicted octanol–water partition coefficient (Wildman–Crippen LogP) is 2.91. The molecular formula is C12H13NO5. The van der Waals surface area contributed by atoms with E-state index in [1.54, 1.807) is 0 Å². The van der Waals surface area contributed by atoms with Gasteiger partial charge in [-0.05, 0) is 30.9 Å². The van der Waals surface area contributed by atoms with Gasteiger partial charge in [-0.25, -0.2) is 4.79 Å². The molecule has 18 heavy (non-hydrogen) atoms. The standard InChI is InChI=1S/C12H13NO5/c14-12(17-8-9-2-1-3-9)18-11-6-4-10(5-7-11)13(15)16/h4-7,9H,1-3,8H2. The fraction of sp³-hybridized carbons (Fsp3) is 0.417. The fourth-order valence-electron chi connectivity index (χ4n) is 1.61. The first-order valence-corrected chi connectivity index (χ1v) is 5.74. The van der Waals surface area contributed by atoms with Gasteiger partial charge in [0.05, 0.1) is 11.5 Å². The van der Waals surface area contributed by atoms with Gasteiger partial charge >= 0.3 is 6.16 Å². The van der Waals surface area contributed by atoms with Gasteiger partial charge in [0.25, 0.3) is 5.69 Å². The Kier molecular flexibility index (Phi) is 3.76. The van der Waals surface area contributed by atoms with E-state index in [9.17, 15) is 14.9 Å². The van der Waals surface area contributed by atoms with Gasteiger partial charge in [0.1, 0.15) is 5.75 Å². The maximum atomic E-state index is 11.3. The molecule has 96 valence electrons. The van der Waals surface area contributed by atoms with E-state index in [0.29, 0.717) is 12.5 Å². The van der Waals surface area contributed by atoms with Gasteiger partial charge < -0.3 is 9.47 Å². The number of rotatable bonds is 4. The van der Waals surface area contributed by atoms with Crippen LogP contribution in [0.2, 0.25) is 0 Å². The van der Waals surface area contributed by atoms with E-state index < -0.39 is 11.1 Å². The molecule has 0 aromatic heterocycles. The first-order valence-electron chi connectivity index (χ1n) is 5.74. The minimum atomic E-state index is -0.768. The van der Waals surface area contributed by atoms with E-state index in [2.05, 4.69) is 0 Å². The van der Waals surface area contributed by atoms with Crippen molar-refractivity contribution in [1.29, 1.82) is 0 Å². The molecule has 0 heterocycles. The molecule has 1 aromatic rings. The maximum Gasteiger partial charge on any atom is 0.513 e. The molecule has 0 unspecified atom stereocenters. The highest BCUT2D eigenvalue weighted by Crippen LogP contribution is 2.26. The number of nitrogens with zero attached hydrogens (tertiary/aromatic N) is 1. The number of carbonyl (C=O) groups excluding carboxylic acids is 1. The predicted molar refractivity (Wildman–Crippen MR) is 62.4 cm³/mol. The van der Waals surface area contributed by atoms with Crippen molar-refractivity contribution in [2.75, 3.05) is 6.61 Å². The third-order valence-corrected chi connectivity index (χ3v) is 2.91. The summed E-state index contributed by atoms with van der Waals surface area (Å²) in [6, 6.07) is 5.27. The van der Waals surface area contributed by atoms with Crippen LogP contribution in [-0.4, -0.2) is 17.7 Å². The number of carbonyl (C=O) groups is 1. The van der Waals surface area contributed by atoms with E-state index in [4.69, 9.17) is 9.47 Å². The Balaban J connectivity index is 1.80. The van der Waals surface area contributed by atoms with Crippen LogP contribution in [0.1, 0.15) is 19.3 Å². The topological polar surface area (TPSA) is 78.7 Å². The summed E-state index contributed by atoms with van der Waals surface area (Å²) in [5.41, 5.74) is -0.0508. The average molecular weight is 251 g/mol. The largest absolute Gasteiger partial charge is 0.513 e. The Morgan fingerprint density at radius 1 is 1.33 bits per heavy atom. The van der Waals surface area contributed by atoms with Crippen molar-refractivity contribution >= 4 is 11.8 Å². The fourth-order valence-corrected chi connectivity index (χ4v) is 1.61. The van der Waals surface area contributed by atoms with Crippen molar-refractivity contribution in [3.8, 4) is 5.75 Å². The summed E-state index contributed by atoms with van der Waals surface area (Å²) < 4.78 is 9.82. The van der Waals surface area contributed by atoms with Crippen LogP contribution in [0, 0.1) is 16.0 Å². The molecule has 1 fully saturated rings. The normalized spacial score (nSPS) is 14.7. The van der Waals surface area contributed by atoms with Gasteiger partial charge in [-0.15, -0.1) is 0 Å². The second-order valence-corrected chi connectivity index (χ2v) is 4.21. The van der Waals surface area contributed by atoms with Gasteiger partial charge in [0.15, 0.2) is 0 Å². The summed E-state index contributed by atoms with van der Waals surface area (Å²) in [7, 11) is 0. The molecule has 0 aliphatic heterocycles. The van der Waals surface area contributed by atoms with Crippen molar-refractivity contribution in [3.05, 3.63) is 34.4 Å². The van der Waals surface area contributed by atoms with Crippen LogP contribution in [0.5, 0.6) is 5.75 Å². The van der Waals surface area contributed by atoms with Crippen LogP contribution in [-0.2, 0) is 4.74 Å². The SMILES string of the molecule is O=C(OCC1CCC1)Oc1ccc([N+](=O)[O-])cc1. The summed E-state index contributed by atoms with van der Waals surface area (Å²) in [5.74, 6) is 0.689. The molecule has 0 spiro atoms. The summed E-state index contributed by atoms with van der Waals surface area (Å²) in [5, 5.41) is 10.4. The van der Waals surface area contributed by atoms with Crippen molar-refractivity contribution in [3.63, 3.8) is 0 Å². The summed E-state index contributed by atoms with van der Waals surface area (Å²) in [6.07, 6.45) is 2.59. The minimum Gasteiger partial charge on any atom is -0.434 e. The third kappa shape index (κ3) is 3.19. The second-order valence-electron chi connectivity index (χ2n) is 4.21. The van der Waals surface area contributed by atoms with Crippen LogP contribution < -0.4 is 4.74 Å². The molecule has 1 aromatic carbocycles. The Morgan fingerprint density at radius 3 is 2.50 bits per heavy atom. The number of hydrogen-bond donors (Lipinski definition) is 0. The zero-order chi connectivity index (χ0) is 13.0. The molecule has 0 N–H and O–H groups in total. The number of non-ortho nitro benzene ring substituents is 1. The van der Waals surface area contributed by atoms with Crippen LogP contribution in [0.25, 0.3) is 0 Å². The van der Waals surface area contributed by atoms with Gasteiger partial charge in [0.2, 0.25) is 0 Å². The van der Waals surface area contributed by atoms with Crippen LogP contribution >= 0.6 is 0 Å². The molecule has 0 amide bonds. The number of nitro benzene ring substituents is 1. The van der Waals surface area contributed by atoms with Crippen molar-refractivity contribution in [2.24, 2.45) is 5.92 Å². The monoisotopic (exact) mass is 251 g/mol. The second kappa shape index (κ2) is 5.48. The molecule has 0 bridgehead atoms. The molecule has 0 saturated heterocycles. The minimum absolute atomic E-state index is 0.0508. The highest BCUT2D eigenvalue weighted by atomic mass is 16.7. The van der Waals surface area contributed by atoms with Crippen molar-refractivity contribution in [2.45, 2.75) is 19.3 Å². The van der Waals surface area contributed by atoms with Gasteiger partial charge in [0, 0.05) is 12.1 Å². The molecular weight excluding hydrogens is 238 g/mol. The maximum absolute atomic E-state index is 11.3. The van der Waals surface area contributed by atoms with Gasteiger partial charge in [-0.1, -0.05) is 6.42 Å². The summed E-state index contributed by atoms with van der Waals surface area (Å²) in [4.78, 5) is 21.2. The molecule has 6 nitrogen and oxygen atoms in total. The van der Waals surface area contributed by atoms with Gasteiger partial charge in [-0.3, -0.25) is 10.1 Å². The lowest BCUT2D eigenvalue weighted by Crippen LogP contribution is -2.21. The smallest absolute Gasteiger partial charge is 0.434 e. The lowest BCUT2D eigenvalue weighted by Gasteiger charge is -2.24. The van der Waals surface area contributed by atoms with Gasteiger partial charge in [-0.2, -0.15) is 0 Å². The zero-order valence-electron chi connectivity index (χ0n) is 9.70. The summed E-state index contributed by atoms with van der Waals surface area (Å²) >= 11 is 0. The lowest BCUT2D eigenvalue weighted by molar-refractivity contribution is -0.384. The number of benzene rings is 1. The van der Waals surface area contributed by atoms with E-state index in [1.165, 1.54) is 30.7 Å². The quantitative estimate of drug-likeness (QED) is 0.356. The first-order chi connectivity index (χ1) is 8.65. The highest BCUT2D eigenvalue weighted by Gasteiger charge is 2.19. The average Bonchev–Trinajstić information content (AvgIpc) is 2.27. The Hall–Kier alpha value is -2.11. The molecule has 1 aliphatic carbocycles. The van der Waals surface area contributed by atoms with Crippen LogP contribution in [0.3, 0.4) is 0 Å². The third-order valence-electron chi connectivity index (χ3n) is 2.91. The van der Waals surface area contributed by atoms with Crippen molar-refractivity contribution < 1.29 is 19.2 Å². The zero-order valence-corrected chi connectivity index (χ0v) is 9.70. The number of hydrogen-bond acceptors (Lipinski definition) is 5.